The van der Waals surface area contributed by atoms with E-state index in [0.29, 0.717) is 18.1 Å². The third kappa shape index (κ3) is 4.60. The molecule has 2 heterocycles. The minimum absolute atomic E-state index is 0.0730. The normalized spacial score (nSPS) is 11.6. The van der Waals surface area contributed by atoms with Crippen LogP contribution in [-0.2, 0) is 6.54 Å². The van der Waals surface area contributed by atoms with Crippen LogP contribution in [0.2, 0.25) is 0 Å². The Morgan fingerprint density at radius 2 is 1.84 bits per heavy atom. The van der Waals surface area contributed by atoms with Gasteiger partial charge < -0.3 is 10.6 Å². The van der Waals surface area contributed by atoms with Crippen LogP contribution in [0.1, 0.15) is 34.6 Å². The zero-order chi connectivity index (χ0) is 17.5. The number of rotatable bonds is 6. The topological polar surface area (TPSA) is 79.8 Å². The summed E-state index contributed by atoms with van der Waals surface area (Å²) in [5.41, 5.74) is 2.45. The second-order valence-corrected chi connectivity index (χ2v) is 5.60. The number of carbonyl (C=O) groups excluding carboxylic acids is 1. The second kappa shape index (κ2) is 8.01. The molecule has 0 aliphatic heterocycles. The van der Waals surface area contributed by atoms with E-state index in [2.05, 4.69) is 25.6 Å². The average molecular weight is 333 g/mol. The van der Waals surface area contributed by atoms with Gasteiger partial charge in [0.2, 0.25) is 0 Å². The molecule has 126 valence electrons. The Kier molecular flexibility index (Phi) is 5.31. The Hall–Kier alpha value is -3.28. The van der Waals surface area contributed by atoms with Crippen molar-refractivity contribution >= 4 is 11.7 Å². The van der Waals surface area contributed by atoms with Gasteiger partial charge in [0.25, 0.3) is 5.91 Å². The lowest BCUT2D eigenvalue weighted by atomic mass is 10.1. The van der Waals surface area contributed by atoms with Crippen molar-refractivity contribution in [2.75, 3.05) is 5.32 Å². The predicted octanol–water partition coefficient (Wildman–Crippen LogP) is 2.97. The van der Waals surface area contributed by atoms with Gasteiger partial charge in [0.05, 0.1) is 0 Å². The van der Waals surface area contributed by atoms with Crippen LogP contribution >= 0.6 is 0 Å². The number of hydrogen-bond donors (Lipinski definition) is 2. The van der Waals surface area contributed by atoms with E-state index in [4.69, 9.17) is 0 Å². The standard InChI is InChI=1S/C19H19N5O/c1-14(16-5-3-2-4-6-16)24-18-11-17(22-13-23-18)19(25)21-12-15-7-9-20-10-8-15/h2-11,13-14H,12H2,1H3,(H,21,25)(H,22,23,24). The van der Waals surface area contributed by atoms with Crippen LogP contribution in [0.3, 0.4) is 0 Å². The summed E-state index contributed by atoms with van der Waals surface area (Å²) < 4.78 is 0. The van der Waals surface area contributed by atoms with Crippen molar-refractivity contribution in [3.05, 3.63) is 84.1 Å². The van der Waals surface area contributed by atoms with E-state index in [9.17, 15) is 4.79 Å². The van der Waals surface area contributed by atoms with Crippen LogP contribution < -0.4 is 10.6 Å². The largest absolute Gasteiger partial charge is 0.363 e. The van der Waals surface area contributed by atoms with Gasteiger partial charge in [-0.25, -0.2) is 9.97 Å². The Balaban J connectivity index is 1.63. The quantitative estimate of drug-likeness (QED) is 0.725. The maximum atomic E-state index is 12.3. The van der Waals surface area contributed by atoms with Crippen molar-refractivity contribution in [1.29, 1.82) is 0 Å². The smallest absolute Gasteiger partial charge is 0.270 e. The third-order valence-corrected chi connectivity index (χ3v) is 3.77. The lowest BCUT2D eigenvalue weighted by Crippen LogP contribution is -2.24. The highest BCUT2D eigenvalue weighted by atomic mass is 16.1. The fraction of sp³-hybridized carbons (Fsp3) is 0.158. The molecule has 3 aromatic rings. The van der Waals surface area contributed by atoms with Crippen LogP contribution in [-0.4, -0.2) is 20.9 Å². The highest BCUT2D eigenvalue weighted by Crippen LogP contribution is 2.17. The number of benzene rings is 1. The molecule has 2 aromatic heterocycles. The highest BCUT2D eigenvalue weighted by molar-refractivity contribution is 5.92. The predicted molar refractivity (Wildman–Crippen MR) is 95.9 cm³/mol. The molecule has 0 saturated heterocycles. The summed E-state index contributed by atoms with van der Waals surface area (Å²) in [5.74, 6) is 0.370. The van der Waals surface area contributed by atoms with E-state index in [0.717, 1.165) is 11.1 Å². The summed E-state index contributed by atoms with van der Waals surface area (Å²) in [7, 11) is 0. The van der Waals surface area contributed by atoms with E-state index in [1.54, 1.807) is 18.5 Å². The van der Waals surface area contributed by atoms with Crippen LogP contribution in [0.5, 0.6) is 0 Å². The van der Waals surface area contributed by atoms with Gasteiger partial charge in [0.15, 0.2) is 0 Å². The second-order valence-electron chi connectivity index (χ2n) is 5.60. The van der Waals surface area contributed by atoms with Crippen LogP contribution in [0, 0.1) is 0 Å². The molecule has 0 spiro atoms. The molecule has 0 aliphatic carbocycles. The van der Waals surface area contributed by atoms with E-state index >= 15 is 0 Å². The summed E-state index contributed by atoms with van der Waals surface area (Å²) >= 11 is 0. The number of anilines is 1. The summed E-state index contributed by atoms with van der Waals surface area (Å²) in [6.45, 7) is 2.47. The maximum absolute atomic E-state index is 12.3. The molecule has 0 radical (unpaired) electrons. The number of nitrogens with one attached hydrogen (secondary N) is 2. The van der Waals surface area contributed by atoms with Gasteiger partial charge in [0.1, 0.15) is 17.8 Å². The van der Waals surface area contributed by atoms with Gasteiger partial charge in [-0.2, -0.15) is 0 Å². The molecule has 0 bridgehead atoms. The molecule has 1 unspecified atom stereocenters. The fourth-order valence-corrected chi connectivity index (χ4v) is 2.38. The van der Waals surface area contributed by atoms with E-state index in [1.165, 1.54) is 6.33 Å². The van der Waals surface area contributed by atoms with Crippen molar-refractivity contribution in [2.45, 2.75) is 19.5 Å². The molecule has 0 fully saturated rings. The minimum Gasteiger partial charge on any atom is -0.363 e. The van der Waals surface area contributed by atoms with Gasteiger partial charge in [0, 0.05) is 31.0 Å². The first kappa shape index (κ1) is 16.6. The Labute approximate surface area is 146 Å². The first-order valence-electron chi connectivity index (χ1n) is 8.03. The molecular weight excluding hydrogens is 314 g/mol. The van der Waals surface area contributed by atoms with Gasteiger partial charge in [-0.15, -0.1) is 0 Å². The van der Waals surface area contributed by atoms with Crippen molar-refractivity contribution in [3.63, 3.8) is 0 Å². The molecule has 1 aromatic carbocycles. The van der Waals surface area contributed by atoms with Gasteiger partial charge in [-0.05, 0) is 30.2 Å². The highest BCUT2D eigenvalue weighted by Gasteiger charge is 2.10. The molecule has 3 rings (SSSR count). The zero-order valence-electron chi connectivity index (χ0n) is 13.9. The third-order valence-electron chi connectivity index (χ3n) is 3.77. The minimum atomic E-state index is -0.241. The lowest BCUT2D eigenvalue weighted by Gasteiger charge is -2.15. The van der Waals surface area contributed by atoms with Crippen molar-refractivity contribution in [2.24, 2.45) is 0 Å². The van der Waals surface area contributed by atoms with Crippen molar-refractivity contribution < 1.29 is 4.79 Å². The lowest BCUT2D eigenvalue weighted by molar-refractivity contribution is 0.0946. The first-order chi connectivity index (χ1) is 12.2. The number of amides is 1. The monoisotopic (exact) mass is 333 g/mol. The zero-order valence-corrected chi connectivity index (χ0v) is 13.9. The fourth-order valence-electron chi connectivity index (χ4n) is 2.38. The Morgan fingerprint density at radius 1 is 1.08 bits per heavy atom. The van der Waals surface area contributed by atoms with E-state index in [1.807, 2.05) is 49.4 Å². The molecule has 6 nitrogen and oxygen atoms in total. The molecule has 1 amide bonds. The number of carbonyl (C=O) groups is 1. The SMILES string of the molecule is CC(Nc1cc(C(=O)NCc2ccncc2)ncn1)c1ccccc1. The van der Waals surface area contributed by atoms with Gasteiger partial charge >= 0.3 is 0 Å². The summed E-state index contributed by atoms with van der Waals surface area (Å²) in [4.78, 5) is 24.5. The molecule has 6 heteroatoms. The summed E-state index contributed by atoms with van der Waals surface area (Å²) in [6.07, 6.45) is 4.78. The maximum Gasteiger partial charge on any atom is 0.270 e. The number of aromatic nitrogens is 3. The Morgan fingerprint density at radius 3 is 2.60 bits per heavy atom. The van der Waals surface area contributed by atoms with Crippen LogP contribution in [0.15, 0.2) is 67.3 Å². The number of hydrogen-bond acceptors (Lipinski definition) is 5. The molecule has 25 heavy (non-hydrogen) atoms. The average Bonchev–Trinajstić information content (AvgIpc) is 2.68. The van der Waals surface area contributed by atoms with E-state index in [-0.39, 0.29) is 11.9 Å². The molecule has 0 aliphatic rings. The molecule has 0 saturated carbocycles. The van der Waals surface area contributed by atoms with Gasteiger partial charge in [-0.1, -0.05) is 30.3 Å². The summed E-state index contributed by atoms with van der Waals surface area (Å²) in [6, 6.07) is 15.5. The first-order valence-corrected chi connectivity index (χ1v) is 8.03. The van der Waals surface area contributed by atoms with Gasteiger partial charge in [-0.3, -0.25) is 9.78 Å². The Bertz CT molecular complexity index is 823. The van der Waals surface area contributed by atoms with Crippen LogP contribution in [0.25, 0.3) is 0 Å². The van der Waals surface area contributed by atoms with Crippen molar-refractivity contribution in [1.82, 2.24) is 20.3 Å². The van der Waals surface area contributed by atoms with Crippen molar-refractivity contribution in [3.8, 4) is 0 Å². The molecule has 1 atom stereocenters. The molecule has 2 N–H and O–H groups in total. The summed E-state index contributed by atoms with van der Waals surface area (Å²) in [5, 5.41) is 6.13. The van der Waals surface area contributed by atoms with E-state index < -0.39 is 0 Å². The number of nitrogens with zero attached hydrogens (tertiary/aromatic N) is 3. The number of pyridine rings is 1. The molecular formula is C19H19N5O. The van der Waals surface area contributed by atoms with Crippen LogP contribution in [0.4, 0.5) is 5.82 Å².